The summed E-state index contributed by atoms with van der Waals surface area (Å²) in [6, 6.07) is 10.1. The lowest BCUT2D eigenvalue weighted by atomic mass is 9.96. The molecule has 3 fully saturated rings. The van der Waals surface area contributed by atoms with Crippen LogP contribution in [0.3, 0.4) is 0 Å². The second-order valence-corrected chi connectivity index (χ2v) is 12.6. The summed E-state index contributed by atoms with van der Waals surface area (Å²) in [6.45, 7) is 11.5. The zero-order valence-corrected chi connectivity index (χ0v) is 26.0. The first-order chi connectivity index (χ1) is 22.0. The maximum atomic E-state index is 12.3. The van der Waals surface area contributed by atoms with E-state index < -0.39 is 0 Å². The number of rotatable bonds is 7. The second-order valence-electron chi connectivity index (χ2n) is 12.6. The van der Waals surface area contributed by atoms with Crippen LogP contribution >= 0.6 is 0 Å². The van der Waals surface area contributed by atoms with Crippen molar-refractivity contribution in [3.63, 3.8) is 0 Å². The normalized spacial score (nSPS) is 19.8. The molecule has 45 heavy (non-hydrogen) atoms. The van der Waals surface area contributed by atoms with Crippen LogP contribution in [-0.4, -0.2) is 90.7 Å². The lowest BCUT2D eigenvalue weighted by Crippen LogP contribution is -2.50. The summed E-state index contributed by atoms with van der Waals surface area (Å²) < 4.78 is 0. The number of piperazine rings is 1. The third-order valence-corrected chi connectivity index (χ3v) is 9.54. The minimum absolute atomic E-state index is 0.208. The van der Waals surface area contributed by atoms with Gasteiger partial charge in [-0.05, 0) is 80.1 Å². The van der Waals surface area contributed by atoms with Gasteiger partial charge in [0.25, 0.3) is 0 Å². The number of pyridine rings is 1. The monoisotopic (exact) mass is 610 g/mol. The number of aryl methyl sites for hydroxylation is 1. The summed E-state index contributed by atoms with van der Waals surface area (Å²) in [5.41, 5.74) is 6.30. The van der Waals surface area contributed by atoms with Gasteiger partial charge in [0.05, 0.1) is 17.6 Å². The van der Waals surface area contributed by atoms with Gasteiger partial charge in [-0.1, -0.05) is 0 Å². The summed E-state index contributed by atoms with van der Waals surface area (Å²) >= 11 is 0. The highest BCUT2D eigenvalue weighted by Crippen LogP contribution is 2.29. The van der Waals surface area contributed by atoms with Crippen LogP contribution in [-0.2, 0) is 17.8 Å². The highest BCUT2D eigenvalue weighted by molar-refractivity contribution is 6.06. The van der Waals surface area contributed by atoms with Crippen LogP contribution in [0.5, 0.6) is 0 Å². The molecule has 0 aliphatic carbocycles. The zero-order valence-electron chi connectivity index (χ0n) is 26.0. The summed E-state index contributed by atoms with van der Waals surface area (Å²) in [5, 5.41) is 9.09. The van der Waals surface area contributed by atoms with E-state index in [1.807, 2.05) is 25.4 Å². The van der Waals surface area contributed by atoms with E-state index in [4.69, 9.17) is 4.98 Å². The number of aromatic nitrogens is 3. The fourth-order valence-electron chi connectivity index (χ4n) is 6.90. The summed E-state index contributed by atoms with van der Waals surface area (Å²) in [7, 11) is 0. The number of carbonyl (C=O) groups is 2. The fraction of sp³-hybridized carbons (Fsp3) is 0.485. The Morgan fingerprint density at radius 3 is 2.51 bits per heavy atom. The minimum atomic E-state index is -0.335. The first-order valence-corrected chi connectivity index (χ1v) is 16.2. The van der Waals surface area contributed by atoms with Crippen molar-refractivity contribution in [2.75, 3.05) is 78.9 Å². The SMILES string of the molecule is Cc1cc(N2CCN(CC3CCN(c4ccc(Nc5ncc6c(n5)CNCC6)cn4)CC3)CC2)ccc1N1CCC(=O)NC1=O. The predicted octanol–water partition coefficient (Wildman–Crippen LogP) is 3.05. The Morgan fingerprint density at radius 1 is 0.911 bits per heavy atom. The van der Waals surface area contributed by atoms with Crippen LogP contribution in [0.2, 0.25) is 0 Å². The zero-order chi connectivity index (χ0) is 30.8. The molecule has 1 aromatic carbocycles. The molecule has 7 rings (SSSR count). The Morgan fingerprint density at radius 2 is 1.76 bits per heavy atom. The minimum Gasteiger partial charge on any atom is -0.369 e. The molecular weight excluding hydrogens is 568 g/mol. The van der Waals surface area contributed by atoms with Crippen molar-refractivity contribution in [3.8, 4) is 0 Å². The van der Waals surface area contributed by atoms with Crippen molar-refractivity contribution in [1.29, 1.82) is 0 Å². The number of anilines is 5. The average molecular weight is 611 g/mol. The number of imide groups is 1. The fourth-order valence-corrected chi connectivity index (χ4v) is 6.90. The molecule has 0 spiro atoms. The van der Waals surface area contributed by atoms with Gasteiger partial charge in [0.2, 0.25) is 11.9 Å². The highest BCUT2D eigenvalue weighted by Gasteiger charge is 2.27. The van der Waals surface area contributed by atoms with Crippen LogP contribution in [0.4, 0.5) is 33.6 Å². The van der Waals surface area contributed by atoms with Gasteiger partial charge in [-0.3, -0.25) is 19.9 Å². The van der Waals surface area contributed by atoms with Crippen molar-refractivity contribution < 1.29 is 9.59 Å². The van der Waals surface area contributed by atoms with E-state index in [1.165, 1.54) is 24.1 Å². The maximum Gasteiger partial charge on any atom is 0.328 e. The molecule has 3 aromatic rings. The number of hydrogen-bond donors (Lipinski definition) is 3. The van der Waals surface area contributed by atoms with Gasteiger partial charge in [0, 0.05) is 82.9 Å². The molecule has 0 unspecified atom stereocenters. The number of amides is 3. The van der Waals surface area contributed by atoms with Gasteiger partial charge in [-0.2, -0.15) is 0 Å². The third-order valence-electron chi connectivity index (χ3n) is 9.54. The first kappa shape index (κ1) is 29.4. The Balaban J connectivity index is 0.857. The molecule has 0 saturated carbocycles. The van der Waals surface area contributed by atoms with Gasteiger partial charge < -0.3 is 20.4 Å². The lowest BCUT2D eigenvalue weighted by molar-refractivity contribution is -0.120. The smallest absolute Gasteiger partial charge is 0.328 e. The van der Waals surface area contributed by atoms with Gasteiger partial charge in [-0.15, -0.1) is 0 Å². The molecule has 3 N–H and O–H groups in total. The molecule has 3 amide bonds. The van der Waals surface area contributed by atoms with Crippen LogP contribution in [0.25, 0.3) is 0 Å². The largest absolute Gasteiger partial charge is 0.369 e. The van der Waals surface area contributed by atoms with E-state index in [1.54, 1.807) is 4.90 Å². The molecule has 3 saturated heterocycles. The van der Waals surface area contributed by atoms with Crippen LogP contribution in [0, 0.1) is 12.8 Å². The Labute approximate surface area is 264 Å². The molecule has 0 radical (unpaired) electrons. The number of nitrogens with zero attached hydrogens (tertiary/aromatic N) is 7. The lowest BCUT2D eigenvalue weighted by Gasteiger charge is -2.40. The molecule has 0 bridgehead atoms. The van der Waals surface area contributed by atoms with Gasteiger partial charge in [0.15, 0.2) is 0 Å². The summed E-state index contributed by atoms with van der Waals surface area (Å²) in [4.78, 5) is 46.9. The van der Waals surface area contributed by atoms with Crippen LogP contribution < -0.4 is 30.7 Å². The Bertz CT molecular complexity index is 1530. The number of hydrogen-bond acceptors (Lipinski definition) is 10. The quantitative estimate of drug-likeness (QED) is 0.368. The molecule has 4 aliphatic rings. The first-order valence-electron chi connectivity index (χ1n) is 16.2. The van der Waals surface area contributed by atoms with Gasteiger partial charge >= 0.3 is 6.03 Å². The molecule has 12 heteroatoms. The number of nitrogens with one attached hydrogen (secondary N) is 3. The molecule has 236 valence electrons. The standard InChI is InChI=1S/C33H42N10O2/c1-23-18-27(3-4-29(23)43-13-9-31(44)39-33(43)45)41-16-14-40(15-17-41)22-24-7-11-42(12-8-24)30-5-2-26(20-35-30)37-32-36-19-25-6-10-34-21-28(25)38-32/h2-5,18-20,24,34H,6-17,21-22H2,1H3,(H,36,37,38)(H,39,44,45). The topological polar surface area (TPSA) is 122 Å². The van der Waals surface area contributed by atoms with E-state index >= 15 is 0 Å². The van der Waals surface area contributed by atoms with Gasteiger partial charge in [-0.25, -0.2) is 19.7 Å². The molecule has 0 atom stereocenters. The summed E-state index contributed by atoms with van der Waals surface area (Å²) in [5.74, 6) is 2.14. The van der Waals surface area contributed by atoms with Crippen molar-refractivity contribution in [3.05, 3.63) is 59.5 Å². The Hall–Kier alpha value is -4.29. The number of benzene rings is 1. The number of piperidine rings is 1. The summed E-state index contributed by atoms with van der Waals surface area (Å²) in [6.07, 6.45) is 7.47. The van der Waals surface area contributed by atoms with Crippen molar-refractivity contribution in [2.45, 2.75) is 39.2 Å². The van der Waals surface area contributed by atoms with E-state index in [2.05, 4.69) is 64.9 Å². The molecule has 2 aromatic heterocycles. The maximum absolute atomic E-state index is 12.3. The van der Waals surface area contributed by atoms with Crippen molar-refractivity contribution in [2.24, 2.45) is 5.92 Å². The molecule has 6 heterocycles. The van der Waals surface area contributed by atoms with Crippen LogP contribution in [0.15, 0.2) is 42.7 Å². The van der Waals surface area contributed by atoms with E-state index in [0.717, 1.165) is 93.8 Å². The molecular formula is C33H42N10O2. The van der Waals surface area contributed by atoms with E-state index in [9.17, 15) is 9.59 Å². The number of carbonyl (C=O) groups excluding carboxylic acids is 2. The molecule has 12 nitrogen and oxygen atoms in total. The van der Waals surface area contributed by atoms with Crippen LogP contribution in [0.1, 0.15) is 36.1 Å². The average Bonchev–Trinajstić information content (AvgIpc) is 3.06. The predicted molar refractivity (Wildman–Crippen MR) is 175 cm³/mol. The van der Waals surface area contributed by atoms with Crippen molar-refractivity contribution >= 4 is 40.8 Å². The van der Waals surface area contributed by atoms with Gasteiger partial charge in [0.1, 0.15) is 5.82 Å². The number of fused-ring (bicyclic) bond motifs is 1. The van der Waals surface area contributed by atoms with E-state index in [-0.39, 0.29) is 11.9 Å². The third kappa shape index (κ3) is 6.71. The molecule has 4 aliphatic heterocycles. The number of urea groups is 1. The van der Waals surface area contributed by atoms with E-state index in [0.29, 0.717) is 24.8 Å². The highest BCUT2D eigenvalue weighted by atomic mass is 16.2. The van der Waals surface area contributed by atoms with Crippen molar-refractivity contribution in [1.82, 2.24) is 30.5 Å². The second kappa shape index (κ2) is 13.0. The Kier molecular flexibility index (Phi) is 8.49.